The molecule has 3 aliphatic carbocycles. The molecule has 2 bridgehead atoms. The van der Waals surface area contributed by atoms with Crippen LogP contribution in [0.25, 0.3) is 0 Å². The highest BCUT2D eigenvalue weighted by Gasteiger charge is 2.72. The van der Waals surface area contributed by atoms with Crippen molar-refractivity contribution in [2.45, 2.75) is 108 Å². The van der Waals surface area contributed by atoms with Crippen LogP contribution in [-0.4, -0.2) is 63.6 Å². The smallest absolute Gasteiger partial charge is 0.183 e. The van der Waals surface area contributed by atoms with E-state index in [1.807, 2.05) is 12.2 Å². The fourth-order valence-electron chi connectivity index (χ4n) is 7.52. The molecule has 1 saturated carbocycles. The van der Waals surface area contributed by atoms with E-state index < -0.39 is 22.7 Å². The zero-order valence-corrected chi connectivity index (χ0v) is 21.5. The number of ketones is 2. The number of nitrogens with zero attached hydrogens (tertiary/aromatic N) is 1. The SMILES string of the molecule is CCCCCC(=O)C1(O)CC=C2C[C@@H]3[C@@H]4C=C[C@@](O)(C(=O)CCCCC)[C@@H]5OC1=C2[C@@]54CCN3C. The standard InChI is InChI=1S/C29H41NO5/c1-4-6-8-10-22(31)28(33)14-12-19-18-21-20-13-15-29(34,23(32)11-9-7-5-2)26-27(20,16-17-30(21)3)24(19)25(28)35-26/h12-13,15,20-21,26,33-34H,4-11,14,16-18H2,1-3H3/t20-,21+,26+,27-,28?,29+/m0/s1. The molecule has 1 spiro atoms. The first-order valence-corrected chi connectivity index (χ1v) is 13.8. The van der Waals surface area contributed by atoms with Gasteiger partial charge >= 0.3 is 0 Å². The van der Waals surface area contributed by atoms with Gasteiger partial charge in [0, 0.05) is 42.2 Å². The predicted octanol–water partition coefficient (Wildman–Crippen LogP) is 4.01. The Kier molecular flexibility index (Phi) is 6.38. The number of carbonyl (C=O) groups is 2. The molecule has 0 radical (unpaired) electrons. The number of Topliss-reactive ketones (excluding diaryl/α,β-unsaturated/α-hetero) is 2. The molecule has 5 rings (SSSR count). The third kappa shape index (κ3) is 3.47. The lowest BCUT2D eigenvalue weighted by molar-refractivity contribution is -0.168. The summed E-state index contributed by atoms with van der Waals surface area (Å²) in [5.74, 6) is -0.0319. The minimum atomic E-state index is -1.75. The molecule has 6 atom stereocenters. The summed E-state index contributed by atoms with van der Waals surface area (Å²) in [6.45, 7) is 5.00. The minimum absolute atomic E-state index is 0.0668. The van der Waals surface area contributed by atoms with Crippen molar-refractivity contribution in [3.63, 3.8) is 0 Å². The van der Waals surface area contributed by atoms with Gasteiger partial charge in [-0.25, -0.2) is 0 Å². The highest BCUT2D eigenvalue weighted by molar-refractivity contribution is 5.93. The number of unbranched alkanes of at least 4 members (excludes halogenated alkanes) is 4. The average molecular weight is 484 g/mol. The van der Waals surface area contributed by atoms with Crippen LogP contribution in [0.4, 0.5) is 0 Å². The van der Waals surface area contributed by atoms with Gasteiger partial charge in [-0.1, -0.05) is 51.7 Å². The lowest BCUT2D eigenvalue weighted by atomic mass is 9.48. The maximum Gasteiger partial charge on any atom is 0.183 e. The molecule has 2 N–H and O–H groups in total. The zero-order valence-electron chi connectivity index (χ0n) is 21.5. The highest BCUT2D eigenvalue weighted by Crippen LogP contribution is 2.67. The molecular weight excluding hydrogens is 442 g/mol. The first-order chi connectivity index (χ1) is 16.7. The van der Waals surface area contributed by atoms with Crippen molar-refractivity contribution in [2.75, 3.05) is 13.6 Å². The van der Waals surface area contributed by atoms with Crippen LogP contribution in [0.3, 0.4) is 0 Å². The third-order valence-corrected chi connectivity index (χ3v) is 9.50. The van der Waals surface area contributed by atoms with Crippen LogP contribution in [0.15, 0.2) is 35.1 Å². The Morgan fingerprint density at radius 1 is 1.09 bits per heavy atom. The molecule has 6 nitrogen and oxygen atoms in total. The van der Waals surface area contributed by atoms with Gasteiger partial charge in [-0.15, -0.1) is 0 Å². The summed E-state index contributed by atoms with van der Waals surface area (Å²) < 4.78 is 6.58. The number of likely N-dealkylation sites (tertiary alicyclic amines) is 1. The zero-order chi connectivity index (χ0) is 25.0. The number of rotatable bonds is 10. The average Bonchev–Trinajstić information content (AvgIpc) is 3.21. The summed E-state index contributed by atoms with van der Waals surface area (Å²) in [5.41, 5.74) is -2.03. The second kappa shape index (κ2) is 8.97. The summed E-state index contributed by atoms with van der Waals surface area (Å²) in [6, 6.07) is 0.242. The van der Waals surface area contributed by atoms with Crippen LogP contribution in [0.5, 0.6) is 0 Å². The monoisotopic (exact) mass is 483 g/mol. The normalized spacial score (nSPS) is 39.2. The number of hydrogen-bond acceptors (Lipinski definition) is 6. The molecule has 35 heavy (non-hydrogen) atoms. The Morgan fingerprint density at radius 2 is 1.77 bits per heavy atom. The highest BCUT2D eigenvalue weighted by atomic mass is 16.5. The summed E-state index contributed by atoms with van der Waals surface area (Å²) >= 11 is 0. The van der Waals surface area contributed by atoms with E-state index >= 15 is 0 Å². The van der Waals surface area contributed by atoms with Crippen molar-refractivity contribution < 1.29 is 24.5 Å². The Balaban J connectivity index is 1.58. The molecule has 1 unspecified atom stereocenters. The predicted molar refractivity (Wildman–Crippen MR) is 134 cm³/mol. The van der Waals surface area contributed by atoms with Crippen LogP contribution in [-0.2, 0) is 14.3 Å². The van der Waals surface area contributed by atoms with E-state index in [1.165, 1.54) is 0 Å². The fraction of sp³-hybridized carbons (Fsp3) is 0.724. The van der Waals surface area contributed by atoms with Crippen molar-refractivity contribution in [1.82, 2.24) is 4.90 Å². The van der Waals surface area contributed by atoms with Gasteiger partial charge in [-0.2, -0.15) is 0 Å². The second-order valence-corrected chi connectivity index (χ2v) is 11.5. The van der Waals surface area contributed by atoms with Crippen LogP contribution < -0.4 is 0 Å². The quantitative estimate of drug-likeness (QED) is 0.361. The molecule has 5 aliphatic rings. The van der Waals surface area contributed by atoms with Crippen LogP contribution >= 0.6 is 0 Å². The fourth-order valence-corrected chi connectivity index (χ4v) is 7.52. The third-order valence-electron chi connectivity index (χ3n) is 9.50. The van der Waals surface area contributed by atoms with Crippen molar-refractivity contribution >= 4 is 11.6 Å². The van der Waals surface area contributed by atoms with Crippen LogP contribution in [0, 0.1) is 11.3 Å². The van der Waals surface area contributed by atoms with Gasteiger partial charge in [0.1, 0.15) is 11.9 Å². The first-order valence-electron chi connectivity index (χ1n) is 13.8. The molecule has 0 aromatic heterocycles. The Bertz CT molecular complexity index is 997. The summed E-state index contributed by atoms with van der Waals surface area (Å²) in [4.78, 5) is 29.3. The van der Waals surface area contributed by atoms with E-state index in [1.54, 1.807) is 6.08 Å². The number of aliphatic hydroxyl groups is 2. The van der Waals surface area contributed by atoms with E-state index in [4.69, 9.17) is 4.74 Å². The van der Waals surface area contributed by atoms with E-state index in [2.05, 4.69) is 25.8 Å². The van der Waals surface area contributed by atoms with Gasteiger partial charge in [-0.05, 0) is 50.9 Å². The molecule has 0 aromatic carbocycles. The van der Waals surface area contributed by atoms with Gasteiger partial charge in [0.25, 0.3) is 0 Å². The van der Waals surface area contributed by atoms with Gasteiger partial charge in [-0.3, -0.25) is 9.59 Å². The molecular formula is C29H41NO5. The molecule has 192 valence electrons. The van der Waals surface area contributed by atoms with E-state index in [0.717, 1.165) is 69.1 Å². The van der Waals surface area contributed by atoms with Crippen LogP contribution in [0.2, 0.25) is 0 Å². The molecule has 0 aromatic rings. The number of ether oxygens (including phenoxy) is 1. The topological polar surface area (TPSA) is 87.1 Å². The second-order valence-electron chi connectivity index (χ2n) is 11.5. The lowest BCUT2D eigenvalue weighted by Gasteiger charge is -2.59. The lowest BCUT2D eigenvalue weighted by Crippen LogP contribution is -2.67. The van der Waals surface area contributed by atoms with Crippen LogP contribution in [0.1, 0.15) is 84.5 Å². The van der Waals surface area contributed by atoms with Gasteiger partial charge in [0.15, 0.2) is 22.8 Å². The Labute approximate surface area is 209 Å². The first kappa shape index (κ1) is 24.9. The number of carbonyl (C=O) groups excluding carboxylic acids is 2. The molecule has 0 amide bonds. The van der Waals surface area contributed by atoms with Crippen molar-refractivity contribution in [1.29, 1.82) is 0 Å². The van der Waals surface area contributed by atoms with Gasteiger partial charge < -0.3 is 19.8 Å². The maximum absolute atomic E-state index is 13.5. The molecule has 2 aliphatic heterocycles. The number of piperidine rings is 1. The summed E-state index contributed by atoms with van der Waals surface area (Å²) in [5, 5.41) is 23.8. The number of hydrogen-bond donors (Lipinski definition) is 2. The van der Waals surface area contributed by atoms with E-state index in [9.17, 15) is 19.8 Å². The minimum Gasteiger partial charge on any atom is -0.486 e. The van der Waals surface area contributed by atoms with E-state index in [0.29, 0.717) is 18.6 Å². The molecule has 6 heteroatoms. The maximum atomic E-state index is 13.5. The van der Waals surface area contributed by atoms with Gasteiger partial charge in [0.2, 0.25) is 0 Å². The van der Waals surface area contributed by atoms with Crippen molar-refractivity contribution in [3.8, 4) is 0 Å². The largest absolute Gasteiger partial charge is 0.486 e. The molecule has 2 fully saturated rings. The van der Waals surface area contributed by atoms with Crippen molar-refractivity contribution in [2.24, 2.45) is 11.3 Å². The van der Waals surface area contributed by atoms with Crippen molar-refractivity contribution in [3.05, 3.63) is 35.1 Å². The van der Waals surface area contributed by atoms with E-state index in [-0.39, 0.29) is 29.9 Å². The summed E-state index contributed by atoms with van der Waals surface area (Å²) in [6.07, 6.45) is 12.6. The summed E-state index contributed by atoms with van der Waals surface area (Å²) in [7, 11) is 2.14. The Morgan fingerprint density at radius 3 is 2.46 bits per heavy atom. The Hall–Kier alpha value is -1.76. The molecule has 1 saturated heterocycles. The molecule has 2 heterocycles. The van der Waals surface area contributed by atoms with Gasteiger partial charge in [0.05, 0.1) is 0 Å².